The minimum atomic E-state index is 0.150. The van der Waals surface area contributed by atoms with Gasteiger partial charge in [-0.1, -0.05) is 23.7 Å². The van der Waals surface area contributed by atoms with Crippen LogP contribution in [0, 0.1) is 0 Å². The van der Waals surface area contributed by atoms with Crippen molar-refractivity contribution < 1.29 is 4.74 Å². The molecule has 1 aliphatic heterocycles. The molecule has 1 atom stereocenters. The molecule has 1 unspecified atom stereocenters. The molecule has 1 heterocycles. The summed E-state index contributed by atoms with van der Waals surface area (Å²) >= 11 is 8.06. The molecule has 3 rings (SSSR count). The van der Waals surface area contributed by atoms with Crippen molar-refractivity contribution in [2.24, 2.45) is 0 Å². The Kier molecular flexibility index (Phi) is 6.06. The first kappa shape index (κ1) is 17.6. The van der Waals surface area contributed by atoms with Crippen molar-refractivity contribution in [1.29, 1.82) is 0 Å². The van der Waals surface area contributed by atoms with E-state index < -0.39 is 0 Å². The molecule has 0 bridgehead atoms. The minimum absolute atomic E-state index is 0.150. The van der Waals surface area contributed by atoms with Gasteiger partial charge in [0, 0.05) is 41.7 Å². The average Bonchev–Trinajstić information content (AvgIpc) is 2.64. The van der Waals surface area contributed by atoms with Crippen molar-refractivity contribution in [2.45, 2.75) is 10.9 Å². The fourth-order valence-electron chi connectivity index (χ4n) is 3.23. The molecular weight excluding hydrogens is 340 g/mol. The normalized spacial score (nSPS) is 16.8. The summed E-state index contributed by atoms with van der Waals surface area (Å²) in [7, 11) is 1.72. The van der Waals surface area contributed by atoms with Gasteiger partial charge < -0.3 is 10.1 Å². The zero-order valence-corrected chi connectivity index (χ0v) is 15.7. The number of hydrogen-bond donors (Lipinski definition) is 1. The maximum atomic E-state index is 6.30. The van der Waals surface area contributed by atoms with Crippen molar-refractivity contribution in [2.75, 3.05) is 39.5 Å². The lowest BCUT2D eigenvalue weighted by Crippen LogP contribution is -2.45. The van der Waals surface area contributed by atoms with Crippen molar-refractivity contribution in [3.63, 3.8) is 0 Å². The predicted octanol–water partition coefficient (Wildman–Crippen LogP) is 4.07. The molecule has 1 saturated heterocycles. The molecular formula is C19H23ClN2OS. The van der Waals surface area contributed by atoms with Gasteiger partial charge in [0.2, 0.25) is 0 Å². The number of hydrogen-bond acceptors (Lipinski definition) is 4. The first-order chi connectivity index (χ1) is 11.7. The molecule has 1 aliphatic rings. The Hall–Kier alpha value is -1.20. The van der Waals surface area contributed by atoms with E-state index in [9.17, 15) is 0 Å². The Balaban J connectivity index is 2.05. The first-order valence-corrected chi connectivity index (χ1v) is 9.75. The first-order valence-electron chi connectivity index (χ1n) is 8.15. The number of ether oxygens (including phenoxy) is 1. The molecule has 24 heavy (non-hydrogen) atoms. The number of halogens is 1. The molecule has 2 aromatic carbocycles. The monoisotopic (exact) mass is 362 g/mol. The molecule has 0 aliphatic carbocycles. The second-order valence-corrected chi connectivity index (χ2v) is 7.16. The molecule has 0 amide bonds. The van der Waals surface area contributed by atoms with Gasteiger partial charge in [-0.3, -0.25) is 4.90 Å². The summed E-state index contributed by atoms with van der Waals surface area (Å²) in [6, 6.07) is 14.8. The Morgan fingerprint density at radius 3 is 2.46 bits per heavy atom. The van der Waals surface area contributed by atoms with Crippen molar-refractivity contribution >= 4 is 23.4 Å². The van der Waals surface area contributed by atoms with Crippen LogP contribution in [0.3, 0.4) is 0 Å². The van der Waals surface area contributed by atoms with Gasteiger partial charge in [0.1, 0.15) is 5.75 Å². The number of piperazine rings is 1. The van der Waals surface area contributed by atoms with Crippen LogP contribution in [-0.4, -0.2) is 44.4 Å². The highest BCUT2D eigenvalue weighted by molar-refractivity contribution is 7.98. The van der Waals surface area contributed by atoms with E-state index in [4.69, 9.17) is 16.3 Å². The quantitative estimate of drug-likeness (QED) is 0.810. The topological polar surface area (TPSA) is 24.5 Å². The summed E-state index contributed by atoms with van der Waals surface area (Å²) < 4.78 is 5.63. The number of nitrogens with one attached hydrogen (secondary N) is 1. The molecule has 3 nitrogen and oxygen atoms in total. The van der Waals surface area contributed by atoms with Crippen LogP contribution in [-0.2, 0) is 0 Å². The van der Waals surface area contributed by atoms with Crippen LogP contribution in [0.5, 0.6) is 5.75 Å². The van der Waals surface area contributed by atoms with E-state index in [0.717, 1.165) is 42.5 Å². The van der Waals surface area contributed by atoms with Crippen molar-refractivity contribution in [1.82, 2.24) is 10.2 Å². The highest BCUT2D eigenvalue weighted by Gasteiger charge is 2.26. The predicted molar refractivity (Wildman–Crippen MR) is 103 cm³/mol. The fraction of sp³-hybridized carbons (Fsp3) is 0.368. The maximum absolute atomic E-state index is 6.30. The van der Waals surface area contributed by atoms with Gasteiger partial charge in [-0.2, -0.15) is 0 Å². The molecule has 0 aromatic heterocycles. The number of methoxy groups -OCH3 is 1. The Bertz CT molecular complexity index is 672. The van der Waals surface area contributed by atoms with E-state index in [1.54, 1.807) is 18.9 Å². The lowest BCUT2D eigenvalue weighted by atomic mass is 9.95. The lowest BCUT2D eigenvalue weighted by Gasteiger charge is -2.36. The van der Waals surface area contributed by atoms with Gasteiger partial charge in [0.05, 0.1) is 13.2 Å². The molecule has 2 aromatic rings. The van der Waals surface area contributed by atoms with Crippen LogP contribution in [0.25, 0.3) is 0 Å². The largest absolute Gasteiger partial charge is 0.496 e. The molecule has 0 saturated carbocycles. The van der Waals surface area contributed by atoms with E-state index in [1.807, 2.05) is 18.2 Å². The molecule has 128 valence electrons. The zero-order chi connectivity index (χ0) is 16.9. The highest BCUT2D eigenvalue weighted by Crippen LogP contribution is 2.37. The molecule has 0 radical (unpaired) electrons. The van der Waals surface area contributed by atoms with E-state index >= 15 is 0 Å². The summed E-state index contributed by atoms with van der Waals surface area (Å²) in [5.41, 5.74) is 2.40. The fourth-order valence-corrected chi connectivity index (χ4v) is 3.82. The van der Waals surface area contributed by atoms with Crippen LogP contribution in [0.1, 0.15) is 17.2 Å². The van der Waals surface area contributed by atoms with E-state index in [1.165, 1.54) is 10.5 Å². The Labute approximate surface area is 153 Å². The number of nitrogens with zero attached hydrogens (tertiary/aromatic N) is 1. The Morgan fingerprint density at radius 2 is 1.83 bits per heavy atom. The van der Waals surface area contributed by atoms with E-state index in [0.29, 0.717) is 0 Å². The van der Waals surface area contributed by atoms with Crippen LogP contribution < -0.4 is 10.1 Å². The third-order valence-corrected chi connectivity index (χ3v) is 5.41. The van der Waals surface area contributed by atoms with Gasteiger partial charge in [-0.05, 0) is 42.2 Å². The third kappa shape index (κ3) is 3.89. The van der Waals surface area contributed by atoms with Gasteiger partial charge in [-0.15, -0.1) is 11.8 Å². The van der Waals surface area contributed by atoms with Gasteiger partial charge in [0.15, 0.2) is 0 Å². The summed E-state index contributed by atoms with van der Waals surface area (Å²) in [5, 5.41) is 4.17. The number of benzene rings is 2. The van der Waals surface area contributed by atoms with E-state index in [-0.39, 0.29) is 6.04 Å². The SMILES string of the molecule is COc1ccc(Cl)cc1C(c1ccc(SC)cc1)N1CCNCC1. The molecule has 1 fully saturated rings. The summed E-state index contributed by atoms with van der Waals surface area (Å²) in [6.07, 6.45) is 2.10. The molecule has 0 spiro atoms. The van der Waals surface area contributed by atoms with Crippen LogP contribution >= 0.6 is 23.4 Å². The van der Waals surface area contributed by atoms with Crippen LogP contribution in [0.15, 0.2) is 47.4 Å². The highest BCUT2D eigenvalue weighted by atomic mass is 35.5. The number of rotatable bonds is 5. The van der Waals surface area contributed by atoms with E-state index in [2.05, 4.69) is 40.7 Å². The average molecular weight is 363 g/mol. The van der Waals surface area contributed by atoms with Crippen LogP contribution in [0.2, 0.25) is 5.02 Å². The van der Waals surface area contributed by atoms with Gasteiger partial charge in [0.25, 0.3) is 0 Å². The maximum Gasteiger partial charge on any atom is 0.124 e. The smallest absolute Gasteiger partial charge is 0.124 e. The third-order valence-electron chi connectivity index (χ3n) is 4.43. The summed E-state index contributed by atoms with van der Waals surface area (Å²) in [4.78, 5) is 3.77. The zero-order valence-electron chi connectivity index (χ0n) is 14.1. The lowest BCUT2D eigenvalue weighted by molar-refractivity contribution is 0.195. The minimum Gasteiger partial charge on any atom is -0.496 e. The number of thioether (sulfide) groups is 1. The van der Waals surface area contributed by atoms with Gasteiger partial charge in [-0.25, -0.2) is 0 Å². The van der Waals surface area contributed by atoms with Gasteiger partial charge >= 0.3 is 0 Å². The van der Waals surface area contributed by atoms with Crippen molar-refractivity contribution in [3.8, 4) is 5.75 Å². The Morgan fingerprint density at radius 1 is 1.12 bits per heavy atom. The summed E-state index contributed by atoms with van der Waals surface area (Å²) in [5.74, 6) is 0.886. The second-order valence-electron chi connectivity index (χ2n) is 5.85. The van der Waals surface area contributed by atoms with Crippen molar-refractivity contribution in [3.05, 3.63) is 58.6 Å². The molecule has 5 heteroatoms. The van der Waals surface area contributed by atoms with Crippen LogP contribution in [0.4, 0.5) is 0 Å². The second kappa shape index (κ2) is 8.26. The standard InChI is InChI=1S/C19H23ClN2OS/c1-23-18-8-5-15(20)13-17(18)19(22-11-9-21-10-12-22)14-3-6-16(24-2)7-4-14/h3-8,13,19,21H,9-12H2,1-2H3. The summed E-state index contributed by atoms with van der Waals surface area (Å²) in [6.45, 7) is 4.01. The molecule has 1 N–H and O–H groups in total.